The molecule has 1 N–H and O–H groups in total. The Labute approximate surface area is 166 Å². The molecule has 4 heteroatoms. The Morgan fingerprint density at radius 1 is 1.14 bits per heavy atom. The van der Waals surface area contributed by atoms with Crippen molar-refractivity contribution in [2.45, 2.75) is 19.9 Å². The van der Waals surface area contributed by atoms with Crippen LogP contribution < -0.4 is 5.32 Å². The summed E-state index contributed by atoms with van der Waals surface area (Å²) < 4.78 is 1.91. The number of allylic oxidation sites excluding steroid dienone is 11. The van der Waals surface area contributed by atoms with E-state index >= 15 is 0 Å². The van der Waals surface area contributed by atoms with Crippen molar-refractivity contribution < 1.29 is 0 Å². The Bertz CT molecular complexity index is 997. The van der Waals surface area contributed by atoms with Crippen LogP contribution in [0.5, 0.6) is 0 Å². The first-order chi connectivity index (χ1) is 13.8. The van der Waals surface area contributed by atoms with E-state index in [9.17, 15) is 0 Å². The average Bonchev–Trinajstić information content (AvgIpc) is 3.15. The predicted molar refractivity (Wildman–Crippen MR) is 118 cm³/mol. The second kappa shape index (κ2) is 10.1. The minimum atomic E-state index is 0.706. The highest BCUT2D eigenvalue weighted by atomic mass is 15.4. The van der Waals surface area contributed by atoms with Crippen molar-refractivity contribution in [1.82, 2.24) is 20.3 Å². The maximum atomic E-state index is 4.22. The highest BCUT2D eigenvalue weighted by Gasteiger charge is 2.00. The Balaban J connectivity index is 1.59. The SMILES string of the molecule is C=C1C=C(NC/C=C(\C=C/Cn2nnc3ccccc32)CC)\C=C/C=C\C=C/1. The molecule has 0 aliphatic heterocycles. The Morgan fingerprint density at radius 2 is 1.96 bits per heavy atom. The fourth-order valence-corrected chi connectivity index (χ4v) is 2.86. The monoisotopic (exact) mass is 370 g/mol. The molecule has 1 aromatic carbocycles. The summed E-state index contributed by atoms with van der Waals surface area (Å²) in [4.78, 5) is 0. The molecule has 3 rings (SSSR count). The molecule has 28 heavy (non-hydrogen) atoms. The van der Waals surface area contributed by atoms with E-state index in [-0.39, 0.29) is 0 Å². The van der Waals surface area contributed by atoms with Gasteiger partial charge in [0.25, 0.3) is 0 Å². The third kappa shape index (κ3) is 5.55. The molecule has 0 atom stereocenters. The van der Waals surface area contributed by atoms with Crippen LogP contribution in [-0.4, -0.2) is 21.5 Å². The van der Waals surface area contributed by atoms with Crippen LogP contribution in [0.15, 0.2) is 108 Å². The number of aromatic nitrogens is 3. The van der Waals surface area contributed by atoms with E-state index in [0.29, 0.717) is 6.54 Å². The topological polar surface area (TPSA) is 42.7 Å². The first-order valence-corrected chi connectivity index (χ1v) is 9.56. The fourth-order valence-electron chi connectivity index (χ4n) is 2.86. The Morgan fingerprint density at radius 3 is 2.82 bits per heavy atom. The molecular formula is C24H26N4. The summed E-state index contributed by atoms with van der Waals surface area (Å²) in [7, 11) is 0. The minimum Gasteiger partial charge on any atom is -0.382 e. The predicted octanol–water partition coefficient (Wildman–Crippen LogP) is 5.04. The van der Waals surface area contributed by atoms with Crippen LogP contribution in [0.25, 0.3) is 11.0 Å². The van der Waals surface area contributed by atoms with E-state index < -0.39 is 0 Å². The summed E-state index contributed by atoms with van der Waals surface area (Å²) in [6, 6.07) is 8.01. The van der Waals surface area contributed by atoms with Crippen LogP contribution in [-0.2, 0) is 6.54 Å². The van der Waals surface area contributed by atoms with Gasteiger partial charge >= 0.3 is 0 Å². The molecule has 4 nitrogen and oxygen atoms in total. The number of benzene rings is 1. The zero-order valence-electron chi connectivity index (χ0n) is 16.3. The van der Waals surface area contributed by atoms with Gasteiger partial charge in [0.15, 0.2) is 0 Å². The van der Waals surface area contributed by atoms with Crippen molar-refractivity contribution in [2.75, 3.05) is 6.54 Å². The molecular weight excluding hydrogens is 344 g/mol. The van der Waals surface area contributed by atoms with Crippen molar-refractivity contribution in [3.63, 3.8) is 0 Å². The summed E-state index contributed by atoms with van der Waals surface area (Å²) in [5, 5.41) is 11.9. The van der Waals surface area contributed by atoms with Crippen LogP contribution in [0.4, 0.5) is 0 Å². The van der Waals surface area contributed by atoms with E-state index in [1.807, 2.05) is 65.4 Å². The second-order valence-corrected chi connectivity index (χ2v) is 6.45. The molecule has 1 heterocycles. The molecule has 1 aromatic heterocycles. The van der Waals surface area contributed by atoms with Crippen molar-refractivity contribution in [3.8, 4) is 0 Å². The number of hydrogen-bond acceptors (Lipinski definition) is 3. The van der Waals surface area contributed by atoms with Crippen molar-refractivity contribution in [2.24, 2.45) is 0 Å². The number of nitrogens with zero attached hydrogens (tertiary/aromatic N) is 3. The van der Waals surface area contributed by atoms with Crippen molar-refractivity contribution >= 4 is 11.0 Å². The lowest BCUT2D eigenvalue weighted by molar-refractivity contribution is 0.682. The van der Waals surface area contributed by atoms with Gasteiger partial charge in [0, 0.05) is 12.2 Å². The molecule has 0 spiro atoms. The number of para-hydroxylation sites is 1. The van der Waals surface area contributed by atoms with Gasteiger partial charge in [0.05, 0.1) is 12.1 Å². The van der Waals surface area contributed by atoms with E-state index in [1.54, 1.807) is 0 Å². The lowest BCUT2D eigenvalue weighted by Gasteiger charge is -2.06. The van der Waals surface area contributed by atoms with Gasteiger partial charge in [-0.05, 0) is 36.3 Å². The molecule has 0 saturated heterocycles. The fraction of sp³-hybridized carbons (Fsp3) is 0.167. The van der Waals surface area contributed by atoms with Crippen LogP contribution in [0, 0.1) is 0 Å². The molecule has 0 amide bonds. The van der Waals surface area contributed by atoms with Gasteiger partial charge in [0.1, 0.15) is 5.52 Å². The summed E-state index contributed by atoms with van der Waals surface area (Å²) in [6.45, 7) is 7.67. The standard InChI is InChI=1S/C24H26N4/c1-3-21(12-10-18-28-24-15-9-8-14-23(24)26-27-28)16-17-25-22-13-7-5-4-6-11-20(2)19-22/h4-16,19,25H,2-3,17-18H2,1H3/b5-4-,11-6-,12-10-,13-7-,21-16-,22-19?. The molecule has 142 valence electrons. The molecule has 0 saturated carbocycles. The average molecular weight is 371 g/mol. The molecule has 0 fully saturated rings. The van der Waals surface area contributed by atoms with E-state index in [1.165, 1.54) is 5.57 Å². The molecule has 0 radical (unpaired) electrons. The molecule has 2 aromatic rings. The summed E-state index contributed by atoms with van der Waals surface area (Å²) in [5.41, 5.74) is 5.28. The van der Waals surface area contributed by atoms with Crippen LogP contribution in [0.2, 0.25) is 0 Å². The van der Waals surface area contributed by atoms with E-state index in [0.717, 1.165) is 35.3 Å². The largest absolute Gasteiger partial charge is 0.382 e. The van der Waals surface area contributed by atoms with E-state index in [2.05, 4.69) is 53.4 Å². The Hall–Kier alpha value is -3.40. The second-order valence-electron chi connectivity index (χ2n) is 6.45. The van der Waals surface area contributed by atoms with Crippen molar-refractivity contribution in [1.29, 1.82) is 0 Å². The zero-order valence-corrected chi connectivity index (χ0v) is 16.3. The van der Waals surface area contributed by atoms with E-state index in [4.69, 9.17) is 0 Å². The highest BCUT2D eigenvalue weighted by molar-refractivity contribution is 5.73. The summed E-state index contributed by atoms with van der Waals surface area (Å²) in [6.07, 6.45) is 21.6. The quantitative estimate of drug-likeness (QED) is 0.695. The maximum Gasteiger partial charge on any atom is 0.113 e. The first kappa shape index (κ1) is 19.4. The highest BCUT2D eigenvalue weighted by Crippen LogP contribution is 2.10. The number of rotatable bonds is 7. The van der Waals surface area contributed by atoms with Gasteiger partial charge < -0.3 is 5.32 Å². The van der Waals surface area contributed by atoms with Crippen LogP contribution >= 0.6 is 0 Å². The lowest BCUT2D eigenvalue weighted by atomic mass is 10.1. The van der Waals surface area contributed by atoms with Gasteiger partial charge in [-0.3, -0.25) is 0 Å². The number of nitrogens with one attached hydrogen (secondary N) is 1. The van der Waals surface area contributed by atoms with Crippen LogP contribution in [0.3, 0.4) is 0 Å². The lowest BCUT2D eigenvalue weighted by Crippen LogP contribution is -2.12. The Kier molecular flexibility index (Phi) is 6.96. The van der Waals surface area contributed by atoms with Crippen LogP contribution in [0.1, 0.15) is 13.3 Å². The first-order valence-electron chi connectivity index (χ1n) is 9.56. The zero-order chi connectivity index (χ0) is 19.6. The van der Waals surface area contributed by atoms with Gasteiger partial charge in [-0.2, -0.15) is 0 Å². The molecule has 1 aliphatic carbocycles. The van der Waals surface area contributed by atoms with Crippen molar-refractivity contribution in [3.05, 3.63) is 108 Å². The molecule has 1 aliphatic rings. The summed E-state index contributed by atoms with van der Waals surface area (Å²) in [5.74, 6) is 0. The normalized spacial score (nSPS) is 18.4. The smallest absolute Gasteiger partial charge is 0.113 e. The number of fused-ring (bicyclic) bond motifs is 1. The molecule has 0 bridgehead atoms. The van der Waals surface area contributed by atoms with Gasteiger partial charge in [-0.1, -0.05) is 85.0 Å². The third-order valence-corrected chi connectivity index (χ3v) is 4.37. The van der Waals surface area contributed by atoms with Gasteiger partial charge in [-0.15, -0.1) is 5.10 Å². The number of hydrogen-bond donors (Lipinski definition) is 1. The van der Waals surface area contributed by atoms with Gasteiger partial charge in [-0.25, -0.2) is 4.68 Å². The summed E-state index contributed by atoms with van der Waals surface area (Å²) >= 11 is 0. The van der Waals surface area contributed by atoms with Gasteiger partial charge in [0.2, 0.25) is 0 Å². The third-order valence-electron chi connectivity index (χ3n) is 4.37. The minimum absolute atomic E-state index is 0.706. The molecule has 0 unspecified atom stereocenters. The maximum absolute atomic E-state index is 4.22.